The third kappa shape index (κ3) is 6.75. The van der Waals surface area contributed by atoms with E-state index in [1.54, 1.807) is 60.4 Å². The molecule has 0 saturated carbocycles. The predicted molar refractivity (Wildman–Crippen MR) is 154 cm³/mol. The molecule has 13 heteroatoms. The molecular formula is C29H32N6O7. The van der Waals surface area contributed by atoms with Gasteiger partial charge in [0.1, 0.15) is 0 Å². The van der Waals surface area contributed by atoms with Crippen molar-refractivity contribution in [1.29, 1.82) is 0 Å². The second kappa shape index (κ2) is 13.3. The molecule has 220 valence electrons. The fourth-order valence-corrected chi connectivity index (χ4v) is 4.62. The summed E-state index contributed by atoms with van der Waals surface area (Å²) in [5.74, 6) is -0.533. The Bertz CT molecular complexity index is 1420. The van der Waals surface area contributed by atoms with Crippen molar-refractivity contribution in [3.8, 4) is 17.1 Å². The number of rotatable bonds is 8. The topological polar surface area (TPSA) is 155 Å². The number of ether oxygens (including phenoxy) is 3. The Hall–Kier alpha value is -4.75. The van der Waals surface area contributed by atoms with Crippen LogP contribution in [0.15, 0.2) is 48.5 Å². The molecule has 1 aromatic heterocycles. The van der Waals surface area contributed by atoms with Crippen LogP contribution in [0.1, 0.15) is 27.8 Å². The number of carboxylic acid groups (broad SMARTS) is 1. The molecule has 5 rings (SSSR count). The Morgan fingerprint density at radius 2 is 1.43 bits per heavy atom. The lowest BCUT2D eigenvalue weighted by Gasteiger charge is -2.29. The van der Waals surface area contributed by atoms with E-state index in [9.17, 15) is 19.5 Å². The van der Waals surface area contributed by atoms with Crippen LogP contribution in [-0.2, 0) is 9.47 Å². The van der Waals surface area contributed by atoms with E-state index in [0.717, 1.165) is 0 Å². The Morgan fingerprint density at radius 3 is 2.00 bits per heavy atom. The zero-order chi connectivity index (χ0) is 29.5. The zero-order valence-electron chi connectivity index (χ0n) is 23.2. The molecule has 42 heavy (non-hydrogen) atoms. The van der Waals surface area contributed by atoms with Gasteiger partial charge in [0, 0.05) is 48.7 Å². The molecule has 2 aliphatic rings. The Morgan fingerprint density at radius 1 is 0.857 bits per heavy atom. The van der Waals surface area contributed by atoms with E-state index in [1.807, 2.05) is 4.90 Å². The first-order valence-corrected chi connectivity index (χ1v) is 13.7. The van der Waals surface area contributed by atoms with Crippen LogP contribution in [0.5, 0.6) is 5.75 Å². The molecule has 2 aliphatic heterocycles. The van der Waals surface area contributed by atoms with Crippen molar-refractivity contribution in [3.63, 3.8) is 0 Å². The van der Waals surface area contributed by atoms with Crippen LogP contribution in [0.4, 0.5) is 22.0 Å². The average molecular weight is 577 g/mol. The molecule has 0 aliphatic carbocycles. The summed E-state index contributed by atoms with van der Waals surface area (Å²) in [4.78, 5) is 49.9. The van der Waals surface area contributed by atoms with E-state index in [-0.39, 0.29) is 29.8 Å². The third-order valence-electron chi connectivity index (χ3n) is 6.74. The highest BCUT2D eigenvalue weighted by atomic mass is 16.5. The van der Waals surface area contributed by atoms with Gasteiger partial charge >= 0.3 is 12.0 Å². The highest BCUT2D eigenvalue weighted by Crippen LogP contribution is 2.33. The minimum absolute atomic E-state index is 0.0709. The van der Waals surface area contributed by atoms with E-state index in [4.69, 9.17) is 14.2 Å². The number of anilines is 3. The minimum atomic E-state index is -1.22. The molecule has 13 nitrogen and oxygen atoms in total. The van der Waals surface area contributed by atoms with Gasteiger partial charge in [-0.15, -0.1) is 0 Å². The second-order valence-corrected chi connectivity index (χ2v) is 9.52. The first kappa shape index (κ1) is 28.8. The first-order chi connectivity index (χ1) is 20.4. The number of hydrogen-bond acceptors (Lipinski definition) is 9. The number of benzene rings is 2. The van der Waals surface area contributed by atoms with Gasteiger partial charge in [-0.2, -0.15) is 0 Å². The lowest BCUT2D eigenvalue weighted by molar-refractivity contribution is 0.0303. The molecule has 0 radical (unpaired) electrons. The van der Waals surface area contributed by atoms with Crippen molar-refractivity contribution in [2.75, 3.05) is 74.7 Å². The number of carbonyl (C=O) groups excluding carboxylic acids is 2. The van der Waals surface area contributed by atoms with Crippen LogP contribution in [-0.4, -0.2) is 97.1 Å². The fourth-order valence-electron chi connectivity index (χ4n) is 4.62. The monoisotopic (exact) mass is 576 g/mol. The Labute approximate surface area is 242 Å². The van der Waals surface area contributed by atoms with E-state index in [2.05, 4.69) is 20.6 Å². The number of urea groups is 1. The van der Waals surface area contributed by atoms with Crippen LogP contribution in [0.25, 0.3) is 11.4 Å². The van der Waals surface area contributed by atoms with Crippen LogP contribution >= 0.6 is 0 Å². The number of aromatic nitrogens is 2. The molecular weight excluding hydrogens is 544 g/mol. The van der Waals surface area contributed by atoms with Crippen molar-refractivity contribution < 1.29 is 33.7 Å². The van der Waals surface area contributed by atoms with Gasteiger partial charge in [-0.25, -0.2) is 19.6 Å². The highest BCUT2D eigenvalue weighted by molar-refractivity contribution is 6.00. The van der Waals surface area contributed by atoms with E-state index < -0.39 is 12.0 Å². The summed E-state index contributed by atoms with van der Waals surface area (Å²) >= 11 is 0. The minimum Gasteiger partial charge on any atom is -0.488 e. The maximum Gasteiger partial charge on any atom is 0.358 e. The van der Waals surface area contributed by atoms with Gasteiger partial charge in [-0.05, 0) is 55.5 Å². The maximum absolute atomic E-state index is 12.6. The summed E-state index contributed by atoms with van der Waals surface area (Å²) < 4.78 is 16.4. The molecule has 3 amide bonds. The molecule has 2 aromatic carbocycles. The highest BCUT2D eigenvalue weighted by Gasteiger charge is 2.26. The van der Waals surface area contributed by atoms with Crippen molar-refractivity contribution >= 4 is 35.1 Å². The number of carboxylic acids is 1. The SMILES string of the molecule is CCOc1c(C(=O)O)nc(-c2ccc(NC(=O)Nc3ccc(C(=O)N4CCOCC4)cc3)cc2)nc1N1CCOCC1. The van der Waals surface area contributed by atoms with Gasteiger partial charge in [0.25, 0.3) is 5.91 Å². The van der Waals surface area contributed by atoms with Crippen LogP contribution in [0, 0.1) is 0 Å². The molecule has 3 aromatic rings. The predicted octanol–water partition coefficient (Wildman–Crippen LogP) is 3.19. The van der Waals surface area contributed by atoms with E-state index >= 15 is 0 Å². The summed E-state index contributed by atoms with van der Waals surface area (Å²) in [5.41, 5.74) is 1.93. The van der Waals surface area contributed by atoms with Gasteiger partial charge in [0.05, 0.1) is 33.0 Å². The number of aromatic carboxylic acids is 1. The van der Waals surface area contributed by atoms with Gasteiger partial charge in [-0.3, -0.25) is 4.79 Å². The fraction of sp³-hybridized carbons (Fsp3) is 0.345. The van der Waals surface area contributed by atoms with Crippen LogP contribution < -0.4 is 20.3 Å². The molecule has 0 spiro atoms. The normalized spacial score (nSPS) is 15.2. The van der Waals surface area contributed by atoms with Crippen molar-refractivity contribution in [2.24, 2.45) is 0 Å². The molecule has 0 bridgehead atoms. The van der Waals surface area contributed by atoms with Crippen LogP contribution in [0.3, 0.4) is 0 Å². The van der Waals surface area contributed by atoms with E-state index in [1.165, 1.54) is 0 Å². The number of hydrogen-bond donors (Lipinski definition) is 3. The smallest absolute Gasteiger partial charge is 0.358 e. The van der Waals surface area contributed by atoms with Gasteiger partial charge in [-0.1, -0.05) is 0 Å². The summed E-state index contributed by atoms with van der Waals surface area (Å²) in [5, 5.41) is 15.4. The van der Waals surface area contributed by atoms with Crippen molar-refractivity contribution in [3.05, 3.63) is 59.8 Å². The van der Waals surface area contributed by atoms with Crippen molar-refractivity contribution in [2.45, 2.75) is 6.92 Å². The summed E-state index contributed by atoms with van der Waals surface area (Å²) in [6.07, 6.45) is 0. The number of carbonyl (C=O) groups is 3. The quantitative estimate of drug-likeness (QED) is 0.364. The largest absolute Gasteiger partial charge is 0.488 e. The van der Waals surface area contributed by atoms with Gasteiger partial charge in [0.15, 0.2) is 23.1 Å². The molecule has 3 N–H and O–H groups in total. The van der Waals surface area contributed by atoms with Crippen LogP contribution in [0.2, 0.25) is 0 Å². The number of nitrogens with zero attached hydrogens (tertiary/aromatic N) is 4. The Balaban J connectivity index is 1.27. The molecule has 0 atom stereocenters. The number of amides is 3. The standard InChI is InChI=1S/C29H32N6O7/c1-2-42-24-23(28(37)38)32-25(33-26(24)34-11-15-40-16-12-34)19-3-7-21(8-4-19)30-29(39)31-22-9-5-20(6-10-22)27(36)35-13-17-41-18-14-35/h3-10H,2,11-18H2,1H3,(H,37,38)(H2,30,31,39). The lowest BCUT2D eigenvalue weighted by Crippen LogP contribution is -2.40. The maximum atomic E-state index is 12.6. The van der Waals surface area contributed by atoms with Gasteiger partial charge < -0.3 is 39.8 Å². The number of morpholine rings is 2. The Kier molecular flexibility index (Phi) is 9.09. The number of nitrogens with one attached hydrogen (secondary N) is 2. The van der Waals surface area contributed by atoms with Gasteiger partial charge in [0.2, 0.25) is 0 Å². The summed E-state index contributed by atoms with van der Waals surface area (Å²) in [7, 11) is 0. The third-order valence-corrected chi connectivity index (χ3v) is 6.74. The zero-order valence-corrected chi connectivity index (χ0v) is 23.2. The molecule has 2 saturated heterocycles. The molecule has 3 heterocycles. The summed E-state index contributed by atoms with van der Waals surface area (Å²) in [6, 6.07) is 13.0. The van der Waals surface area contributed by atoms with E-state index in [0.29, 0.717) is 80.9 Å². The lowest BCUT2D eigenvalue weighted by atomic mass is 10.1. The summed E-state index contributed by atoms with van der Waals surface area (Å²) in [6.45, 7) is 6.27. The van der Waals surface area contributed by atoms with Crippen molar-refractivity contribution in [1.82, 2.24) is 14.9 Å². The second-order valence-electron chi connectivity index (χ2n) is 9.52. The molecule has 2 fully saturated rings. The molecule has 0 unspecified atom stereocenters. The first-order valence-electron chi connectivity index (χ1n) is 13.7. The average Bonchev–Trinajstić information content (AvgIpc) is 3.02.